The van der Waals surface area contributed by atoms with Crippen molar-refractivity contribution in [3.8, 4) is 5.75 Å². The van der Waals surface area contributed by atoms with Gasteiger partial charge in [-0.05, 0) is 44.3 Å². The maximum absolute atomic E-state index is 12.1. The number of rotatable bonds is 8. The highest BCUT2D eigenvalue weighted by molar-refractivity contribution is 7.89. The maximum atomic E-state index is 12.1. The van der Waals surface area contributed by atoms with Crippen molar-refractivity contribution in [3.63, 3.8) is 0 Å². The molecule has 1 aromatic carbocycles. The van der Waals surface area contributed by atoms with Crippen LogP contribution in [-0.2, 0) is 21.8 Å². The van der Waals surface area contributed by atoms with Crippen molar-refractivity contribution in [2.45, 2.75) is 11.8 Å². The third kappa shape index (κ3) is 4.50. The average Bonchev–Trinajstić information content (AvgIpc) is 3.03. The molecule has 0 radical (unpaired) electrons. The second kappa shape index (κ2) is 8.15. The third-order valence-electron chi connectivity index (χ3n) is 3.59. The molecular weight excluding hydrogens is 360 g/mol. The number of hydrogen-bond acceptors (Lipinski definition) is 6. The van der Waals surface area contributed by atoms with E-state index in [0.717, 1.165) is 0 Å². The van der Waals surface area contributed by atoms with Gasteiger partial charge in [0.25, 0.3) is 0 Å². The minimum atomic E-state index is -3.67. The van der Waals surface area contributed by atoms with Crippen LogP contribution in [0.3, 0.4) is 0 Å². The van der Waals surface area contributed by atoms with Gasteiger partial charge in [-0.3, -0.25) is 4.79 Å². The van der Waals surface area contributed by atoms with Crippen LogP contribution in [0.2, 0.25) is 0 Å². The van der Waals surface area contributed by atoms with E-state index in [4.69, 9.17) is 9.47 Å². The molecular formula is C17H20N2O6S. The molecule has 26 heavy (non-hydrogen) atoms. The van der Waals surface area contributed by atoms with Crippen molar-refractivity contribution in [2.75, 3.05) is 20.3 Å². The summed E-state index contributed by atoms with van der Waals surface area (Å²) >= 11 is 0. The lowest BCUT2D eigenvalue weighted by Gasteiger charge is -2.06. The van der Waals surface area contributed by atoms with E-state index in [0.29, 0.717) is 17.9 Å². The van der Waals surface area contributed by atoms with Crippen LogP contribution < -0.4 is 9.46 Å². The molecule has 140 valence electrons. The number of sulfonamides is 1. The zero-order valence-corrected chi connectivity index (χ0v) is 15.5. The molecule has 0 fully saturated rings. The Hall–Kier alpha value is -2.65. The maximum Gasteiger partial charge on any atom is 0.355 e. The van der Waals surface area contributed by atoms with E-state index in [-0.39, 0.29) is 16.4 Å². The van der Waals surface area contributed by atoms with Crippen LogP contribution in [-0.4, -0.2) is 45.0 Å². The number of aryl methyl sites for hydroxylation is 1. The summed E-state index contributed by atoms with van der Waals surface area (Å²) in [5.74, 6) is -0.522. The number of benzene rings is 1. The first kappa shape index (κ1) is 19.7. The Kier molecular flexibility index (Phi) is 6.17. The molecule has 2 rings (SSSR count). The summed E-state index contributed by atoms with van der Waals surface area (Å²) in [7, 11) is -0.887. The molecule has 0 aliphatic carbocycles. The fourth-order valence-corrected chi connectivity index (χ4v) is 2.99. The van der Waals surface area contributed by atoms with Crippen molar-refractivity contribution < 1.29 is 27.5 Å². The van der Waals surface area contributed by atoms with Crippen molar-refractivity contribution >= 4 is 21.8 Å². The molecule has 9 heteroatoms. The summed E-state index contributed by atoms with van der Waals surface area (Å²) in [6.07, 6.45) is 1.29. The Morgan fingerprint density at radius 1 is 1.19 bits per heavy atom. The molecule has 8 nitrogen and oxygen atoms in total. The van der Waals surface area contributed by atoms with Crippen molar-refractivity contribution in [3.05, 3.63) is 47.8 Å². The first-order valence-electron chi connectivity index (χ1n) is 7.81. The minimum absolute atomic E-state index is 0.0262. The van der Waals surface area contributed by atoms with Gasteiger partial charge < -0.3 is 14.0 Å². The molecule has 0 spiro atoms. The number of nitrogens with zero attached hydrogens (tertiary/aromatic N) is 1. The van der Waals surface area contributed by atoms with E-state index in [1.807, 2.05) is 6.92 Å². The monoisotopic (exact) mass is 380 g/mol. The quantitative estimate of drug-likeness (QED) is 0.548. The molecule has 0 aliphatic heterocycles. The van der Waals surface area contributed by atoms with Gasteiger partial charge in [0.2, 0.25) is 10.0 Å². The van der Waals surface area contributed by atoms with Crippen molar-refractivity contribution in [1.29, 1.82) is 0 Å². The zero-order chi connectivity index (χ0) is 19.3. The van der Waals surface area contributed by atoms with Crippen molar-refractivity contribution in [1.82, 2.24) is 9.29 Å². The largest absolute Gasteiger partial charge is 0.494 e. The highest BCUT2D eigenvalue weighted by Crippen LogP contribution is 2.15. The summed E-state index contributed by atoms with van der Waals surface area (Å²) in [6.45, 7) is 1.92. The highest BCUT2D eigenvalue weighted by atomic mass is 32.2. The first-order chi connectivity index (χ1) is 12.3. The number of carbonyl (C=O) groups is 2. The summed E-state index contributed by atoms with van der Waals surface area (Å²) in [4.78, 5) is 24.2. The molecule has 0 bridgehead atoms. The molecule has 0 atom stereocenters. The van der Waals surface area contributed by atoms with Gasteiger partial charge in [-0.15, -0.1) is 0 Å². The molecule has 2 aromatic rings. The predicted octanol–water partition coefficient (Wildman–Crippen LogP) is 1.37. The standard InChI is InChI=1S/C17H20N2O6S/c1-4-24-13-7-5-12(6-8-13)16(20)11-25-17(21)15-9-14(10-19(15)3)26(22,23)18-2/h5-10,18H,4,11H2,1-3H3. The smallest absolute Gasteiger partial charge is 0.355 e. The summed E-state index contributed by atoms with van der Waals surface area (Å²) in [5.41, 5.74) is 0.407. The number of aromatic nitrogens is 1. The molecule has 0 amide bonds. The van der Waals surface area contributed by atoms with Gasteiger partial charge >= 0.3 is 5.97 Å². The topological polar surface area (TPSA) is 104 Å². The normalized spacial score (nSPS) is 11.2. The first-order valence-corrected chi connectivity index (χ1v) is 9.30. The number of ketones is 1. The van der Waals surface area contributed by atoms with E-state index in [9.17, 15) is 18.0 Å². The Morgan fingerprint density at radius 3 is 2.42 bits per heavy atom. The number of ether oxygens (including phenoxy) is 2. The van der Waals surface area contributed by atoms with Gasteiger partial charge in [0, 0.05) is 18.8 Å². The van der Waals surface area contributed by atoms with E-state index < -0.39 is 22.6 Å². The lowest BCUT2D eigenvalue weighted by atomic mass is 10.1. The Labute approximate surface area is 151 Å². The van der Waals surface area contributed by atoms with Gasteiger partial charge in [-0.2, -0.15) is 0 Å². The van der Waals surface area contributed by atoms with Crippen LogP contribution in [0.15, 0.2) is 41.4 Å². The van der Waals surface area contributed by atoms with Crippen LogP contribution in [0, 0.1) is 0 Å². The molecule has 1 heterocycles. The van der Waals surface area contributed by atoms with E-state index in [2.05, 4.69) is 4.72 Å². The molecule has 1 aromatic heterocycles. The molecule has 1 N–H and O–H groups in total. The second-order valence-electron chi connectivity index (χ2n) is 5.34. The zero-order valence-electron chi connectivity index (χ0n) is 14.7. The number of nitrogens with one attached hydrogen (secondary N) is 1. The number of esters is 1. The van der Waals surface area contributed by atoms with Gasteiger partial charge in [0.1, 0.15) is 16.3 Å². The Bertz CT molecular complexity index is 900. The van der Waals surface area contributed by atoms with Gasteiger partial charge in [-0.25, -0.2) is 17.9 Å². The second-order valence-corrected chi connectivity index (χ2v) is 7.22. The minimum Gasteiger partial charge on any atom is -0.494 e. The van der Waals surface area contributed by atoms with Crippen molar-refractivity contribution in [2.24, 2.45) is 7.05 Å². The number of hydrogen-bond donors (Lipinski definition) is 1. The van der Waals surface area contributed by atoms with Crippen LogP contribution >= 0.6 is 0 Å². The Morgan fingerprint density at radius 2 is 1.85 bits per heavy atom. The third-order valence-corrected chi connectivity index (χ3v) is 4.97. The summed E-state index contributed by atoms with van der Waals surface area (Å²) in [5, 5.41) is 0. The number of carbonyl (C=O) groups excluding carboxylic acids is 2. The lowest BCUT2D eigenvalue weighted by molar-refractivity contribution is 0.0465. The van der Waals surface area contributed by atoms with E-state index in [1.165, 1.54) is 30.9 Å². The molecule has 0 unspecified atom stereocenters. The van der Waals surface area contributed by atoms with Gasteiger partial charge in [0.05, 0.1) is 6.61 Å². The summed E-state index contributed by atoms with van der Waals surface area (Å²) < 4.78 is 37.3. The molecule has 0 aliphatic rings. The fourth-order valence-electron chi connectivity index (χ4n) is 2.19. The predicted molar refractivity (Wildman–Crippen MR) is 93.9 cm³/mol. The Balaban J connectivity index is 2.03. The van der Waals surface area contributed by atoms with Gasteiger partial charge in [0.15, 0.2) is 12.4 Å². The van der Waals surface area contributed by atoms with Gasteiger partial charge in [-0.1, -0.05) is 0 Å². The number of Topliss-reactive ketones (excluding diaryl/α,β-unsaturated/α-hetero) is 1. The van der Waals surface area contributed by atoms with Crippen LogP contribution in [0.5, 0.6) is 5.75 Å². The molecule has 0 saturated carbocycles. The highest BCUT2D eigenvalue weighted by Gasteiger charge is 2.21. The van der Waals surface area contributed by atoms with E-state index in [1.54, 1.807) is 24.3 Å². The van der Waals surface area contributed by atoms with E-state index >= 15 is 0 Å². The van der Waals surface area contributed by atoms with Crippen LogP contribution in [0.1, 0.15) is 27.8 Å². The lowest BCUT2D eigenvalue weighted by Crippen LogP contribution is -2.18. The average molecular weight is 380 g/mol. The summed E-state index contributed by atoms with van der Waals surface area (Å²) in [6, 6.07) is 7.67. The fraction of sp³-hybridized carbons (Fsp3) is 0.294. The van der Waals surface area contributed by atoms with Crippen LogP contribution in [0.25, 0.3) is 0 Å². The van der Waals surface area contributed by atoms with Crippen LogP contribution in [0.4, 0.5) is 0 Å². The SMILES string of the molecule is CCOc1ccc(C(=O)COC(=O)c2cc(S(=O)(=O)NC)cn2C)cc1. The molecule has 0 saturated heterocycles.